The topological polar surface area (TPSA) is 118 Å². The van der Waals surface area contributed by atoms with Crippen LogP contribution >= 0.6 is 0 Å². The number of ether oxygens (including phenoxy) is 2. The van der Waals surface area contributed by atoms with E-state index in [4.69, 9.17) is 20.9 Å². The highest BCUT2D eigenvalue weighted by Crippen LogP contribution is 2.62. The molecule has 0 aromatic heterocycles. The van der Waals surface area contributed by atoms with Crippen molar-refractivity contribution in [3.63, 3.8) is 0 Å². The van der Waals surface area contributed by atoms with E-state index in [1.807, 2.05) is 6.07 Å². The smallest absolute Gasteiger partial charge is 0.199 e. The minimum absolute atomic E-state index is 0.0834. The van der Waals surface area contributed by atoms with E-state index in [9.17, 15) is 10.5 Å². The van der Waals surface area contributed by atoms with Crippen LogP contribution in [0.3, 0.4) is 0 Å². The highest BCUT2D eigenvalue weighted by atomic mass is 16.6. The maximum absolute atomic E-state index is 9.24. The first kappa shape index (κ1) is 11.1. The van der Waals surface area contributed by atoms with Gasteiger partial charge in [0.1, 0.15) is 23.9 Å². The van der Waals surface area contributed by atoms with E-state index in [0.717, 1.165) is 5.57 Å². The van der Waals surface area contributed by atoms with Crippen LogP contribution in [-0.2, 0) is 9.47 Å². The first-order valence-electron chi connectivity index (χ1n) is 5.56. The second-order valence-corrected chi connectivity index (χ2v) is 5.04. The van der Waals surface area contributed by atoms with Crippen LogP contribution < -0.4 is 11.5 Å². The van der Waals surface area contributed by atoms with E-state index in [1.165, 1.54) is 0 Å². The van der Waals surface area contributed by atoms with E-state index < -0.39 is 23.3 Å². The molecular formula is C12H12N4O2. The standard InChI is InChI=1S/C12H12N4O2/c1-5-6(3-13)12(16)11(2)7(4-14)10(15)17-9(11)8(5)18-12/h8-9H,15-16H2,1-2H3. The second-order valence-electron chi connectivity index (χ2n) is 5.04. The van der Waals surface area contributed by atoms with Crippen LogP contribution in [-0.4, -0.2) is 17.9 Å². The lowest BCUT2D eigenvalue weighted by Crippen LogP contribution is -2.56. The van der Waals surface area contributed by atoms with Gasteiger partial charge in [-0.15, -0.1) is 0 Å². The molecule has 4 atom stereocenters. The van der Waals surface area contributed by atoms with E-state index in [-0.39, 0.29) is 11.5 Å². The summed E-state index contributed by atoms with van der Waals surface area (Å²) in [4.78, 5) is 0. The molecule has 0 spiro atoms. The molecular weight excluding hydrogens is 232 g/mol. The maximum Gasteiger partial charge on any atom is 0.199 e. The van der Waals surface area contributed by atoms with Crippen LogP contribution in [0.25, 0.3) is 0 Å². The molecule has 6 heteroatoms. The number of nitriles is 2. The highest BCUT2D eigenvalue weighted by Gasteiger charge is 2.74. The maximum atomic E-state index is 9.24. The third kappa shape index (κ3) is 0.808. The number of hydrogen-bond donors (Lipinski definition) is 2. The molecule has 4 unspecified atom stereocenters. The SMILES string of the molecule is CC1=C(C#N)C2(N)OC1C1OC(N)=C(C#N)C12C. The Labute approximate surface area is 104 Å². The monoisotopic (exact) mass is 244 g/mol. The van der Waals surface area contributed by atoms with Crippen molar-refractivity contribution in [1.82, 2.24) is 0 Å². The number of hydrogen-bond acceptors (Lipinski definition) is 6. The number of nitrogens with zero attached hydrogens (tertiary/aromatic N) is 2. The number of fused-ring (bicyclic) bond motifs is 5. The Morgan fingerprint density at radius 2 is 1.89 bits per heavy atom. The molecule has 0 saturated carbocycles. The normalized spacial score (nSPS) is 44.7. The molecule has 0 amide bonds. The zero-order chi connectivity index (χ0) is 13.3. The van der Waals surface area contributed by atoms with Crippen molar-refractivity contribution >= 4 is 0 Å². The molecule has 3 rings (SSSR count). The van der Waals surface area contributed by atoms with Crippen LogP contribution in [0.4, 0.5) is 0 Å². The molecule has 0 aliphatic carbocycles. The summed E-state index contributed by atoms with van der Waals surface area (Å²) >= 11 is 0. The average Bonchev–Trinajstić information content (AvgIpc) is 2.80. The Kier molecular flexibility index (Phi) is 1.76. The van der Waals surface area contributed by atoms with Gasteiger partial charge in [-0.25, -0.2) is 0 Å². The van der Waals surface area contributed by atoms with Crippen molar-refractivity contribution in [2.75, 3.05) is 0 Å². The number of nitrogens with two attached hydrogens (primary N) is 2. The summed E-state index contributed by atoms with van der Waals surface area (Å²) < 4.78 is 11.3. The molecule has 4 N–H and O–H groups in total. The third-order valence-corrected chi connectivity index (χ3v) is 4.36. The molecule has 1 fully saturated rings. The molecule has 2 bridgehead atoms. The molecule has 3 heterocycles. The van der Waals surface area contributed by atoms with Crippen LogP contribution in [0, 0.1) is 28.1 Å². The van der Waals surface area contributed by atoms with Gasteiger partial charge in [-0.05, 0) is 19.4 Å². The fourth-order valence-corrected chi connectivity index (χ4v) is 3.27. The lowest BCUT2D eigenvalue weighted by molar-refractivity contribution is -0.00846. The quantitative estimate of drug-likeness (QED) is 0.618. The van der Waals surface area contributed by atoms with Crippen molar-refractivity contribution in [3.8, 4) is 12.1 Å². The number of rotatable bonds is 0. The summed E-state index contributed by atoms with van der Waals surface area (Å²) in [5, 5.41) is 18.5. The highest BCUT2D eigenvalue weighted by molar-refractivity contribution is 5.55. The Morgan fingerprint density at radius 3 is 2.44 bits per heavy atom. The van der Waals surface area contributed by atoms with Gasteiger partial charge in [0.2, 0.25) is 0 Å². The van der Waals surface area contributed by atoms with E-state index in [1.54, 1.807) is 13.8 Å². The molecule has 0 aromatic rings. The lowest BCUT2D eigenvalue weighted by atomic mass is 9.64. The van der Waals surface area contributed by atoms with Crippen LogP contribution in [0.5, 0.6) is 0 Å². The summed E-state index contributed by atoms with van der Waals surface area (Å²) in [5.41, 5.74) is 11.2. The summed E-state index contributed by atoms with van der Waals surface area (Å²) in [7, 11) is 0. The van der Waals surface area contributed by atoms with Crippen molar-refractivity contribution in [2.45, 2.75) is 31.8 Å². The first-order chi connectivity index (χ1) is 8.41. The van der Waals surface area contributed by atoms with Crippen LogP contribution in [0.1, 0.15) is 13.8 Å². The molecule has 0 aromatic carbocycles. The predicted octanol–water partition coefficient (Wildman–Crippen LogP) is -0.00714. The van der Waals surface area contributed by atoms with E-state index >= 15 is 0 Å². The fraction of sp³-hybridized carbons (Fsp3) is 0.500. The zero-order valence-corrected chi connectivity index (χ0v) is 10.0. The molecule has 6 nitrogen and oxygen atoms in total. The summed E-state index contributed by atoms with van der Waals surface area (Å²) in [5.74, 6) is 0.0834. The van der Waals surface area contributed by atoms with E-state index in [2.05, 4.69) is 6.07 Å². The van der Waals surface area contributed by atoms with Gasteiger partial charge in [0.15, 0.2) is 11.6 Å². The van der Waals surface area contributed by atoms with Gasteiger partial charge in [0, 0.05) is 0 Å². The van der Waals surface area contributed by atoms with Crippen molar-refractivity contribution in [1.29, 1.82) is 10.5 Å². The van der Waals surface area contributed by atoms with Gasteiger partial charge in [-0.2, -0.15) is 10.5 Å². The van der Waals surface area contributed by atoms with Gasteiger partial charge in [0.25, 0.3) is 0 Å². The molecule has 3 aliphatic heterocycles. The van der Waals surface area contributed by atoms with E-state index in [0.29, 0.717) is 5.57 Å². The Hall–Kier alpha value is -2.02. The average molecular weight is 244 g/mol. The fourth-order valence-electron chi connectivity index (χ4n) is 3.27. The van der Waals surface area contributed by atoms with Crippen LogP contribution in [0.15, 0.2) is 22.6 Å². The van der Waals surface area contributed by atoms with Gasteiger partial charge < -0.3 is 15.2 Å². The van der Waals surface area contributed by atoms with Crippen molar-refractivity contribution in [2.24, 2.45) is 16.9 Å². The molecule has 3 aliphatic rings. The third-order valence-electron chi connectivity index (χ3n) is 4.36. The van der Waals surface area contributed by atoms with Crippen LogP contribution in [0.2, 0.25) is 0 Å². The van der Waals surface area contributed by atoms with Gasteiger partial charge in [-0.1, -0.05) is 0 Å². The second kappa shape index (κ2) is 2.86. The molecule has 0 radical (unpaired) electrons. The van der Waals surface area contributed by atoms with Gasteiger partial charge >= 0.3 is 0 Å². The minimum atomic E-state index is -1.33. The largest absolute Gasteiger partial charge is 0.471 e. The van der Waals surface area contributed by atoms with Crippen molar-refractivity contribution in [3.05, 3.63) is 22.6 Å². The summed E-state index contributed by atoms with van der Waals surface area (Å²) in [6.07, 6.45) is -0.853. The predicted molar refractivity (Wildman–Crippen MR) is 59.9 cm³/mol. The minimum Gasteiger partial charge on any atom is -0.471 e. The molecule has 18 heavy (non-hydrogen) atoms. The Balaban J connectivity index is 2.27. The Morgan fingerprint density at radius 1 is 1.28 bits per heavy atom. The van der Waals surface area contributed by atoms with Gasteiger partial charge in [-0.3, -0.25) is 5.73 Å². The Bertz CT molecular complexity index is 609. The summed E-state index contributed by atoms with van der Waals surface area (Å²) in [6.45, 7) is 3.56. The zero-order valence-electron chi connectivity index (χ0n) is 10.0. The first-order valence-corrected chi connectivity index (χ1v) is 5.56. The molecule has 92 valence electrons. The lowest BCUT2D eigenvalue weighted by Gasteiger charge is -2.37. The van der Waals surface area contributed by atoms with Crippen molar-refractivity contribution < 1.29 is 9.47 Å². The summed E-state index contributed by atoms with van der Waals surface area (Å²) in [6, 6.07) is 4.12. The molecule has 1 saturated heterocycles. The van der Waals surface area contributed by atoms with Gasteiger partial charge in [0.05, 0.1) is 17.1 Å².